The van der Waals surface area contributed by atoms with Crippen LogP contribution in [0.15, 0.2) is 60.7 Å². The summed E-state index contributed by atoms with van der Waals surface area (Å²) in [5.41, 5.74) is 3.28. The van der Waals surface area contributed by atoms with Crippen molar-refractivity contribution in [1.29, 1.82) is 0 Å². The number of hydrogen-bond donors (Lipinski definition) is 1. The van der Waals surface area contributed by atoms with E-state index in [1.54, 1.807) is 18.2 Å². The van der Waals surface area contributed by atoms with Gasteiger partial charge < -0.3 is 19.3 Å². The molecule has 7 heteroatoms. The first-order valence-corrected chi connectivity index (χ1v) is 10.3. The van der Waals surface area contributed by atoms with E-state index in [-0.39, 0.29) is 0 Å². The van der Waals surface area contributed by atoms with Gasteiger partial charge in [-0.25, -0.2) is 9.78 Å². The highest BCUT2D eigenvalue weighted by Crippen LogP contribution is 2.28. The molecule has 0 radical (unpaired) electrons. The Bertz CT molecular complexity index is 1020. The topological polar surface area (TPSA) is 77.9 Å². The van der Waals surface area contributed by atoms with E-state index in [4.69, 9.17) is 35.9 Å². The molecule has 0 unspecified atom stereocenters. The molecule has 1 atom stereocenters. The standard InChI is InChI=1S/C24H24ClNO5/c1-3-29-14-23(31-19-11-12-22(16(2)13-19)30-15-24(27)28)21-6-4-5-20(26-21)17-7-9-18(25)10-8-17/h4-13,23H,3,14-15H2,1-2H3,(H,27,28)/t23-/m0/s1. The molecule has 0 bridgehead atoms. The third kappa shape index (κ3) is 6.44. The van der Waals surface area contributed by atoms with Gasteiger partial charge in [0.25, 0.3) is 0 Å². The number of ether oxygens (including phenoxy) is 3. The van der Waals surface area contributed by atoms with Gasteiger partial charge in [0.15, 0.2) is 12.7 Å². The lowest BCUT2D eigenvalue weighted by Crippen LogP contribution is -2.16. The monoisotopic (exact) mass is 441 g/mol. The minimum absolute atomic E-state index is 0.337. The number of pyridine rings is 1. The Morgan fingerprint density at radius 2 is 1.90 bits per heavy atom. The number of hydrogen-bond acceptors (Lipinski definition) is 5. The van der Waals surface area contributed by atoms with Gasteiger partial charge in [0.2, 0.25) is 0 Å². The number of carboxylic acid groups (broad SMARTS) is 1. The molecule has 6 nitrogen and oxygen atoms in total. The number of aryl methyl sites for hydroxylation is 1. The Morgan fingerprint density at radius 1 is 1.13 bits per heavy atom. The average molecular weight is 442 g/mol. The maximum atomic E-state index is 10.7. The van der Waals surface area contributed by atoms with Crippen LogP contribution >= 0.6 is 11.6 Å². The van der Waals surface area contributed by atoms with Gasteiger partial charge in [-0.05, 0) is 61.9 Å². The smallest absolute Gasteiger partial charge is 0.341 e. The lowest BCUT2D eigenvalue weighted by atomic mass is 10.1. The number of benzene rings is 2. The van der Waals surface area contributed by atoms with Gasteiger partial charge in [-0.1, -0.05) is 29.8 Å². The Morgan fingerprint density at radius 3 is 2.58 bits per heavy atom. The first-order chi connectivity index (χ1) is 15.0. The zero-order chi connectivity index (χ0) is 22.2. The SMILES string of the molecule is CCOC[C@H](Oc1ccc(OCC(=O)O)c(C)c1)c1cccc(-c2ccc(Cl)cc2)n1. The van der Waals surface area contributed by atoms with Gasteiger partial charge in [0, 0.05) is 17.2 Å². The second-order valence-corrected chi connectivity index (χ2v) is 7.27. The van der Waals surface area contributed by atoms with E-state index in [0.29, 0.717) is 29.7 Å². The van der Waals surface area contributed by atoms with Gasteiger partial charge in [-0.15, -0.1) is 0 Å². The van der Waals surface area contributed by atoms with Crippen molar-refractivity contribution in [3.8, 4) is 22.8 Å². The molecule has 0 aliphatic rings. The van der Waals surface area contributed by atoms with Crippen LogP contribution in [0, 0.1) is 6.92 Å². The van der Waals surface area contributed by atoms with Crippen molar-refractivity contribution in [2.24, 2.45) is 0 Å². The second-order valence-electron chi connectivity index (χ2n) is 6.83. The normalized spacial score (nSPS) is 11.7. The van der Waals surface area contributed by atoms with Crippen LogP contribution < -0.4 is 9.47 Å². The van der Waals surface area contributed by atoms with Gasteiger partial charge in [-0.3, -0.25) is 0 Å². The number of carbonyl (C=O) groups is 1. The summed E-state index contributed by atoms with van der Waals surface area (Å²) in [5, 5.41) is 9.46. The summed E-state index contributed by atoms with van der Waals surface area (Å²) >= 11 is 5.99. The molecule has 3 rings (SSSR count). The Kier molecular flexibility index (Phi) is 7.87. The zero-order valence-electron chi connectivity index (χ0n) is 17.4. The molecule has 1 N–H and O–H groups in total. The fraction of sp³-hybridized carbons (Fsp3) is 0.250. The first-order valence-electron chi connectivity index (χ1n) is 9.88. The lowest BCUT2D eigenvalue weighted by molar-refractivity contribution is -0.139. The quantitative estimate of drug-likeness (QED) is 0.458. The van der Waals surface area contributed by atoms with Crippen molar-refractivity contribution in [2.75, 3.05) is 19.8 Å². The van der Waals surface area contributed by atoms with Gasteiger partial charge >= 0.3 is 5.97 Å². The molecule has 1 heterocycles. The molecule has 162 valence electrons. The van der Waals surface area contributed by atoms with Crippen LogP contribution in [0.2, 0.25) is 5.02 Å². The van der Waals surface area contributed by atoms with E-state index < -0.39 is 18.7 Å². The van der Waals surface area contributed by atoms with Crippen molar-refractivity contribution >= 4 is 17.6 Å². The van der Waals surface area contributed by atoms with Crippen LogP contribution in [0.25, 0.3) is 11.3 Å². The van der Waals surface area contributed by atoms with Gasteiger partial charge in [0.05, 0.1) is 18.0 Å². The number of halogens is 1. The highest BCUT2D eigenvalue weighted by Gasteiger charge is 2.17. The fourth-order valence-electron chi connectivity index (χ4n) is 2.98. The number of aromatic nitrogens is 1. The summed E-state index contributed by atoms with van der Waals surface area (Å²) < 4.78 is 17.1. The maximum Gasteiger partial charge on any atom is 0.341 e. The van der Waals surface area contributed by atoms with Gasteiger partial charge in [0.1, 0.15) is 11.5 Å². The van der Waals surface area contributed by atoms with Crippen molar-refractivity contribution < 1.29 is 24.1 Å². The molecule has 0 aliphatic heterocycles. The molecule has 0 fully saturated rings. The molecular weight excluding hydrogens is 418 g/mol. The van der Waals surface area contributed by atoms with Crippen molar-refractivity contribution in [2.45, 2.75) is 20.0 Å². The third-order valence-electron chi connectivity index (χ3n) is 4.49. The molecule has 0 saturated heterocycles. The molecule has 1 aromatic heterocycles. The van der Waals surface area contributed by atoms with Crippen LogP contribution in [0.5, 0.6) is 11.5 Å². The van der Waals surface area contributed by atoms with E-state index >= 15 is 0 Å². The Hall–Kier alpha value is -3.09. The molecule has 0 saturated carbocycles. The van der Waals surface area contributed by atoms with Gasteiger partial charge in [-0.2, -0.15) is 0 Å². The molecule has 31 heavy (non-hydrogen) atoms. The van der Waals surface area contributed by atoms with Crippen LogP contribution in [0.3, 0.4) is 0 Å². The summed E-state index contributed by atoms with van der Waals surface area (Å²) in [4.78, 5) is 15.5. The van der Waals surface area contributed by atoms with Crippen LogP contribution in [-0.2, 0) is 9.53 Å². The Balaban J connectivity index is 1.82. The van der Waals surface area contributed by atoms with Crippen molar-refractivity contribution in [3.63, 3.8) is 0 Å². The van der Waals surface area contributed by atoms with E-state index in [2.05, 4.69) is 0 Å². The summed E-state index contributed by atoms with van der Waals surface area (Å²) in [6.45, 7) is 4.26. The fourth-order valence-corrected chi connectivity index (χ4v) is 3.10. The van der Waals surface area contributed by atoms with Crippen LogP contribution in [-0.4, -0.2) is 35.9 Å². The maximum absolute atomic E-state index is 10.7. The number of aliphatic carboxylic acids is 1. The number of nitrogens with zero attached hydrogens (tertiary/aromatic N) is 1. The molecular formula is C24H24ClNO5. The zero-order valence-corrected chi connectivity index (χ0v) is 18.1. The highest BCUT2D eigenvalue weighted by atomic mass is 35.5. The Labute approximate surface area is 186 Å². The second kappa shape index (κ2) is 10.8. The van der Waals surface area contributed by atoms with Crippen molar-refractivity contribution in [3.05, 3.63) is 76.9 Å². The third-order valence-corrected chi connectivity index (χ3v) is 4.74. The minimum atomic E-state index is -1.02. The molecule has 0 amide bonds. The summed E-state index contributed by atoms with van der Waals surface area (Å²) in [6, 6.07) is 18.5. The summed E-state index contributed by atoms with van der Waals surface area (Å²) in [7, 11) is 0. The minimum Gasteiger partial charge on any atom is -0.482 e. The summed E-state index contributed by atoms with van der Waals surface area (Å²) in [6.07, 6.45) is -0.419. The highest BCUT2D eigenvalue weighted by molar-refractivity contribution is 6.30. The lowest BCUT2D eigenvalue weighted by Gasteiger charge is -2.20. The van der Waals surface area contributed by atoms with E-state index in [1.165, 1.54) is 0 Å². The molecule has 0 spiro atoms. The number of rotatable bonds is 10. The summed E-state index contributed by atoms with van der Waals surface area (Å²) in [5.74, 6) is 0.0886. The van der Waals surface area contributed by atoms with Crippen molar-refractivity contribution in [1.82, 2.24) is 4.98 Å². The average Bonchev–Trinajstić information content (AvgIpc) is 2.76. The largest absolute Gasteiger partial charge is 0.482 e. The predicted octanol–water partition coefficient (Wildman–Crippen LogP) is 5.33. The molecule has 2 aromatic carbocycles. The predicted molar refractivity (Wildman–Crippen MR) is 119 cm³/mol. The van der Waals surface area contributed by atoms with E-state index in [0.717, 1.165) is 22.5 Å². The van der Waals surface area contributed by atoms with Crippen LogP contribution in [0.4, 0.5) is 0 Å². The molecule has 3 aromatic rings. The van der Waals surface area contributed by atoms with E-state index in [1.807, 2.05) is 56.3 Å². The molecule has 0 aliphatic carbocycles. The van der Waals surface area contributed by atoms with Crippen LogP contribution in [0.1, 0.15) is 24.3 Å². The first kappa shape index (κ1) is 22.6. The van der Waals surface area contributed by atoms with E-state index in [9.17, 15) is 4.79 Å². The number of carboxylic acids is 1.